The second kappa shape index (κ2) is 6.50. The molecule has 0 aliphatic rings. The highest BCUT2D eigenvalue weighted by Crippen LogP contribution is 2.12. The highest BCUT2D eigenvalue weighted by Gasteiger charge is 2.10. The van der Waals surface area contributed by atoms with Gasteiger partial charge >= 0.3 is 0 Å². The average molecular weight is 299 g/mol. The molecule has 106 valence electrons. The molecule has 0 fully saturated rings. The Morgan fingerprint density at radius 2 is 1.62 bits per heavy atom. The summed E-state index contributed by atoms with van der Waals surface area (Å²) >= 11 is 6.05. The van der Waals surface area contributed by atoms with Crippen molar-refractivity contribution in [1.29, 1.82) is 0 Å². The summed E-state index contributed by atoms with van der Waals surface area (Å²) in [6.45, 7) is 0. The van der Waals surface area contributed by atoms with Gasteiger partial charge in [-0.25, -0.2) is 4.98 Å². The van der Waals surface area contributed by atoms with Gasteiger partial charge in [0.15, 0.2) is 0 Å². The highest BCUT2D eigenvalue weighted by atomic mass is 35.5. The van der Waals surface area contributed by atoms with Crippen LogP contribution in [0.3, 0.4) is 0 Å². The first kappa shape index (κ1) is 13.8. The van der Waals surface area contributed by atoms with E-state index in [0.717, 1.165) is 17.5 Å². The predicted octanol–water partition coefficient (Wildman–Crippen LogP) is 3.29. The standard InChI is InChI=1S/C16H15ClN4/c17-11-13(10-12-6-2-1-3-7-12)18-16-19-14-8-4-5-9-15(14)20-21-16/h1-9,13H,10-11H2,(H,18,19,21). The summed E-state index contributed by atoms with van der Waals surface area (Å²) in [5.74, 6) is 0.987. The van der Waals surface area contributed by atoms with E-state index in [-0.39, 0.29) is 6.04 Å². The molecule has 0 radical (unpaired) electrons. The monoisotopic (exact) mass is 298 g/mol. The van der Waals surface area contributed by atoms with Gasteiger partial charge in [-0.2, -0.15) is 0 Å². The number of aromatic nitrogens is 3. The molecule has 3 aromatic rings. The maximum Gasteiger partial charge on any atom is 0.243 e. The molecule has 0 saturated heterocycles. The van der Waals surface area contributed by atoms with Crippen LogP contribution in [0.15, 0.2) is 54.6 Å². The van der Waals surface area contributed by atoms with Crippen molar-refractivity contribution in [2.75, 3.05) is 11.2 Å². The number of nitrogens with one attached hydrogen (secondary N) is 1. The molecule has 5 heteroatoms. The number of fused-ring (bicyclic) bond motifs is 1. The van der Waals surface area contributed by atoms with Crippen molar-refractivity contribution in [2.45, 2.75) is 12.5 Å². The molecule has 2 aromatic carbocycles. The third kappa shape index (κ3) is 3.47. The number of hydrogen-bond donors (Lipinski definition) is 1. The van der Waals surface area contributed by atoms with Gasteiger partial charge in [-0.3, -0.25) is 0 Å². The number of para-hydroxylation sites is 1. The zero-order valence-corrected chi connectivity index (χ0v) is 12.2. The SMILES string of the molecule is ClCC(Cc1ccccc1)Nc1nnc2ccccc2n1. The quantitative estimate of drug-likeness (QED) is 0.734. The lowest BCUT2D eigenvalue weighted by atomic mass is 10.1. The van der Waals surface area contributed by atoms with Crippen LogP contribution in [0.4, 0.5) is 5.95 Å². The van der Waals surface area contributed by atoms with E-state index in [9.17, 15) is 0 Å². The van der Waals surface area contributed by atoms with E-state index in [0.29, 0.717) is 11.8 Å². The molecule has 0 aliphatic carbocycles. The largest absolute Gasteiger partial charge is 0.349 e. The first-order chi connectivity index (χ1) is 10.3. The maximum absolute atomic E-state index is 6.05. The Morgan fingerprint density at radius 3 is 2.38 bits per heavy atom. The maximum atomic E-state index is 6.05. The van der Waals surface area contributed by atoms with E-state index in [2.05, 4.69) is 32.6 Å². The normalized spacial score (nSPS) is 12.2. The highest BCUT2D eigenvalue weighted by molar-refractivity contribution is 6.18. The van der Waals surface area contributed by atoms with Gasteiger partial charge in [0.2, 0.25) is 5.95 Å². The number of benzene rings is 2. The molecule has 0 spiro atoms. The molecule has 0 amide bonds. The molecular weight excluding hydrogens is 284 g/mol. The summed E-state index contributed by atoms with van der Waals surface area (Å²) in [7, 11) is 0. The Balaban J connectivity index is 1.76. The molecule has 1 heterocycles. The van der Waals surface area contributed by atoms with Gasteiger partial charge in [0.1, 0.15) is 5.52 Å². The summed E-state index contributed by atoms with van der Waals surface area (Å²) in [4.78, 5) is 4.46. The molecule has 1 aromatic heterocycles. The zero-order valence-electron chi connectivity index (χ0n) is 11.4. The van der Waals surface area contributed by atoms with Crippen molar-refractivity contribution in [3.05, 3.63) is 60.2 Å². The molecule has 4 nitrogen and oxygen atoms in total. The first-order valence-corrected chi connectivity index (χ1v) is 7.34. The first-order valence-electron chi connectivity index (χ1n) is 6.81. The fourth-order valence-corrected chi connectivity index (χ4v) is 2.35. The second-order valence-electron chi connectivity index (χ2n) is 4.81. The lowest BCUT2D eigenvalue weighted by Crippen LogP contribution is -2.25. The van der Waals surface area contributed by atoms with Crippen molar-refractivity contribution >= 4 is 28.6 Å². The predicted molar refractivity (Wildman–Crippen MR) is 85.6 cm³/mol. The Morgan fingerprint density at radius 1 is 0.905 bits per heavy atom. The average Bonchev–Trinajstić information content (AvgIpc) is 2.55. The number of anilines is 1. The van der Waals surface area contributed by atoms with Crippen LogP contribution in [0.5, 0.6) is 0 Å². The van der Waals surface area contributed by atoms with Crippen LogP contribution < -0.4 is 5.32 Å². The fraction of sp³-hybridized carbons (Fsp3) is 0.188. The lowest BCUT2D eigenvalue weighted by Gasteiger charge is -2.15. The number of hydrogen-bond acceptors (Lipinski definition) is 4. The van der Waals surface area contributed by atoms with Gasteiger partial charge in [-0.05, 0) is 24.1 Å². The second-order valence-corrected chi connectivity index (χ2v) is 5.12. The Bertz CT molecular complexity index is 718. The van der Waals surface area contributed by atoms with Crippen molar-refractivity contribution in [3.8, 4) is 0 Å². The van der Waals surface area contributed by atoms with Crippen molar-refractivity contribution in [2.24, 2.45) is 0 Å². The minimum Gasteiger partial charge on any atom is -0.349 e. The summed E-state index contributed by atoms with van der Waals surface area (Å²) in [5, 5.41) is 11.5. The number of halogens is 1. The number of alkyl halides is 1. The van der Waals surface area contributed by atoms with E-state index in [1.54, 1.807) is 0 Å². The molecule has 1 N–H and O–H groups in total. The summed E-state index contributed by atoms with van der Waals surface area (Å²) < 4.78 is 0. The van der Waals surface area contributed by atoms with E-state index < -0.39 is 0 Å². The molecule has 1 atom stereocenters. The van der Waals surface area contributed by atoms with E-state index >= 15 is 0 Å². The van der Waals surface area contributed by atoms with E-state index in [1.807, 2.05) is 42.5 Å². The van der Waals surface area contributed by atoms with Crippen LogP contribution in [-0.2, 0) is 6.42 Å². The van der Waals surface area contributed by atoms with Gasteiger partial charge in [0.05, 0.1) is 5.52 Å². The van der Waals surface area contributed by atoms with Crippen LogP contribution in [0.25, 0.3) is 11.0 Å². The van der Waals surface area contributed by atoms with Gasteiger partial charge in [0.25, 0.3) is 0 Å². The molecule has 21 heavy (non-hydrogen) atoms. The topological polar surface area (TPSA) is 50.7 Å². The molecule has 3 rings (SSSR count). The van der Waals surface area contributed by atoms with Crippen molar-refractivity contribution in [1.82, 2.24) is 15.2 Å². The van der Waals surface area contributed by atoms with Crippen molar-refractivity contribution < 1.29 is 0 Å². The Labute approximate surface area is 128 Å². The Kier molecular flexibility index (Phi) is 4.26. The van der Waals surface area contributed by atoms with Crippen LogP contribution in [-0.4, -0.2) is 27.1 Å². The minimum absolute atomic E-state index is 0.0667. The molecule has 0 saturated carbocycles. The van der Waals surface area contributed by atoms with E-state index in [1.165, 1.54) is 5.56 Å². The third-order valence-corrected chi connectivity index (χ3v) is 3.58. The van der Waals surface area contributed by atoms with Crippen molar-refractivity contribution in [3.63, 3.8) is 0 Å². The van der Waals surface area contributed by atoms with Gasteiger partial charge in [0, 0.05) is 11.9 Å². The Hall–Kier alpha value is -2.20. The van der Waals surface area contributed by atoms with Gasteiger partial charge in [-0.15, -0.1) is 21.8 Å². The fourth-order valence-electron chi connectivity index (χ4n) is 2.17. The third-order valence-electron chi connectivity index (χ3n) is 3.20. The molecule has 1 unspecified atom stereocenters. The van der Waals surface area contributed by atoms with E-state index in [4.69, 9.17) is 11.6 Å². The zero-order chi connectivity index (χ0) is 14.5. The number of rotatable bonds is 5. The molecular formula is C16H15ClN4. The van der Waals surface area contributed by atoms with Gasteiger partial charge in [-0.1, -0.05) is 42.5 Å². The molecule has 0 bridgehead atoms. The van der Waals surface area contributed by atoms with Crippen LogP contribution in [0, 0.1) is 0 Å². The number of nitrogens with zero attached hydrogens (tertiary/aromatic N) is 3. The van der Waals surface area contributed by atoms with Gasteiger partial charge < -0.3 is 5.32 Å². The minimum atomic E-state index is 0.0667. The van der Waals surface area contributed by atoms with Crippen LogP contribution >= 0.6 is 11.6 Å². The summed E-state index contributed by atoms with van der Waals surface area (Å²) in [6.07, 6.45) is 0.820. The molecule has 0 aliphatic heterocycles. The smallest absolute Gasteiger partial charge is 0.243 e. The summed E-state index contributed by atoms with van der Waals surface area (Å²) in [6, 6.07) is 17.9. The summed E-state index contributed by atoms with van der Waals surface area (Å²) in [5.41, 5.74) is 2.83. The van der Waals surface area contributed by atoms with Crippen LogP contribution in [0.1, 0.15) is 5.56 Å². The lowest BCUT2D eigenvalue weighted by molar-refractivity contribution is 0.778. The van der Waals surface area contributed by atoms with Crippen LogP contribution in [0.2, 0.25) is 0 Å².